The number of aliphatic hydroxyl groups excluding tert-OH is 1. The number of hydrogen-bond donors (Lipinski definition) is 2. The lowest BCUT2D eigenvalue weighted by Crippen LogP contribution is -2.26. The first-order valence-corrected chi connectivity index (χ1v) is 10.3. The van der Waals surface area contributed by atoms with Crippen LogP contribution in [-0.2, 0) is 15.7 Å². The monoisotopic (exact) mass is 325 g/mol. The van der Waals surface area contributed by atoms with Crippen molar-refractivity contribution in [3.63, 3.8) is 0 Å². The van der Waals surface area contributed by atoms with Gasteiger partial charge < -0.3 is 15.4 Å². The maximum absolute atomic E-state index is 13.2. The van der Waals surface area contributed by atoms with Crippen molar-refractivity contribution < 1.29 is 14.2 Å². The van der Waals surface area contributed by atoms with E-state index >= 15 is 0 Å². The average Bonchev–Trinajstić information content (AvgIpc) is 2.55. The smallest absolute Gasteiger partial charge is 0.206 e. The molecule has 1 aliphatic rings. The Balaban J connectivity index is 1.98. The molecule has 1 aromatic carbocycles. The second-order valence-corrected chi connectivity index (χ2v) is 8.95. The van der Waals surface area contributed by atoms with Gasteiger partial charge in [-0.15, -0.1) is 0 Å². The van der Waals surface area contributed by atoms with Gasteiger partial charge in [-0.3, -0.25) is 4.57 Å². The lowest BCUT2D eigenvalue weighted by Gasteiger charge is -2.28. The quantitative estimate of drug-likeness (QED) is 0.719. The number of hydrogen-bond acceptors (Lipinski definition) is 4. The summed E-state index contributed by atoms with van der Waals surface area (Å²) in [6.07, 6.45) is 5.95. The molecule has 0 radical (unpaired) electrons. The van der Waals surface area contributed by atoms with Crippen molar-refractivity contribution in [2.24, 2.45) is 11.7 Å². The van der Waals surface area contributed by atoms with Crippen LogP contribution in [0.4, 0.5) is 0 Å². The highest BCUT2D eigenvalue weighted by atomic mass is 31.2. The van der Waals surface area contributed by atoms with Gasteiger partial charge in [0.2, 0.25) is 7.37 Å². The van der Waals surface area contributed by atoms with E-state index in [-0.39, 0.29) is 12.7 Å². The van der Waals surface area contributed by atoms with Gasteiger partial charge in [0, 0.05) is 12.7 Å². The summed E-state index contributed by atoms with van der Waals surface area (Å²) in [6, 6.07) is 9.76. The van der Waals surface area contributed by atoms with Crippen LogP contribution in [0, 0.1) is 5.92 Å². The maximum Gasteiger partial charge on any atom is 0.206 e. The summed E-state index contributed by atoms with van der Waals surface area (Å²) in [7, 11) is -2.86. The molecule has 1 fully saturated rings. The van der Waals surface area contributed by atoms with Crippen LogP contribution in [-0.4, -0.2) is 30.1 Å². The van der Waals surface area contributed by atoms with Gasteiger partial charge in [0.1, 0.15) is 0 Å². The van der Waals surface area contributed by atoms with Gasteiger partial charge in [-0.25, -0.2) is 0 Å². The molecule has 4 nitrogen and oxygen atoms in total. The first-order chi connectivity index (χ1) is 10.6. The van der Waals surface area contributed by atoms with E-state index in [1.807, 2.05) is 30.3 Å². The van der Waals surface area contributed by atoms with Gasteiger partial charge >= 0.3 is 0 Å². The first-order valence-electron chi connectivity index (χ1n) is 8.26. The van der Waals surface area contributed by atoms with E-state index in [4.69, 9.17) is 10.3 Å². The molecule has 0 aliphatic heterocycles. The van der Waals surface area contributed by atoms with Crippen LogP contribution in [0.2, 0.25) is 0 Å². The first kappa shape index (κ1) is 17.7. The Hall–Kier alpha value is -0.670. The van der Waals surface area contributed by atoms with Gasteiger partial charge in [-0.2, -0.15) is 0 Å². The molecule has 0 spiro atoms. The summed E-state index contributed by atoms with van der Waals surface area (Å²) in [6.45, 7) is 0.464. The molecule has 3 N–H and O–H groups in total. The van der Waals surface area contributed by atoms with Gasteiger partial charge in [-0.1, -0.05) is 49.6 Å². The summed E-state index contributed by atoms with van der Waals surface area (Å²) >= 11 is 0. The highest BCUT2D eigenvalue weighted by molar-refractivity contribution is 7.59. The van der Waals surface area contributed by atoms with Gasteiger partial charge in [-0.05, 0) is 24.3 Å². The topological polar surface area (TPSA) is 72.5 Å². The van der Waals surface area contributed by atoms with Crippen LogP contribution in [0.1, 0.15) is 37.7 Å². The third-order valence-electron chi connectivity index (χ3n) is 4.33. The molecule has 0 heterocycles. The minimum absolute atomic E-state index is 0.128. The molecule has 22 heavy (non-hydrogen) atoms. The molecular formula is C17H28NO3P. The van der Waals surface area contributed by atoms with Crippen LogP contribution in [0.15, 0.2) is 30.3 Å². The molecule has 1 unspecified atom stereocenters. The van der Waals surface area contributed by atoms with E-state index in [1.54, 1.807) is 0 Å². The van der Waals surface area contributed by atoms with Crippen LogP contribution in [0.3, 0.4) is 0 Å². The van der Waals surface area contributed by atoms with E-state index in [9.17, 15) is 9.67 Å². The Morgan fingerprint density at radius 3 is 2.55 bits per heavy atom. The molecule has 0 amide bonds. The number of aliphatic hydroxyl groups is 1. The lowest BCUT2D eigenvalue weighted by molar-refractivity contribution is 0.195. The molecule has 1 aliphatic carbocycles. The van der Waals surface area contributed by atoms with Crippen molar-refractivity contribution in [3.8, 4) is 0 Å². The molecule has 124 valence electrons. The third-order valence-corrected chi connectivity index (χ3v) is 6.98. The highest BCUT2D eigenvalue weighted by Gasteiger charge is 2.31. The van der Waals surface area contributed by atoms with E-state index in [0.29, 0.717) is 18.7 Å². The Morgan fingerprint density at radius 2 is 1.91 bits per heavy atom. The third kappa shape index (κ3) is 5.85. The number of benzene rings is 1. The summed E-state index contributed by atoms with van der Waals surface area (Å²) in [4.78, 5) is 0. The molecule has 1 saturated carbocycles. The van der Waals surface area contributed by atoms with Crippen molar-refractivity contribution >= 4 is 7.37 Å². The van der Waals surface area contributed by atoms with Gasteiger partial charge in [0.05, 0.1) is 18.9 Å². The summed E-state index contributed by atoms with van der Waals surface area (Å²) in [5.41, 5.74) is 6.50. The number of nitrogens with two attached hydrogens (primary N) is 1. The zero-order valence-corrected chi connectivity index (χ0v) is 14.1. The van der Waals surface area contributed by atoms with E-state index in [1.165, 1.54) is 19.3 Å². The predicted molar refractivity (Wildman–Crippen MR) is 90.2 cm³/mol. The summed E-state index contributed by atoms with van der Waals surface area (Å²) in [5.74, 6) is 0.459. The van der Waals surface area contributed by atoms with Crippen molar-refractivity contribution in [1.29, 1.82) is 0 Å². The average molecular weight is 325 g/mol. The Morgan fingerprint density at radius 1 is 1.23 bits per heavy atom. The van der Waals surface area contributed by atoms with Crippen molar-refractivity contribution in [3.05, 3.63) is 35.9 Å². The zero-order valence-electron chi connectivity index (χ0n) is 13.2. The second kappa shape index (κ2) is 8.83. The van der Waals surface area contributed by atoms with Crippen LogP contribution in [0.25, 0.3) is 0 Å². The van der Waals surface area contributed by atoms with Crippen LogP contribution >= 0.6 is 7.37 Å². The SMILES string of the molecule is NC[C@@H](O)CP(=O)(CC1CCCCC1)OCc1ccccc1. The Kier molecular flexibility index (Phi) is 7.10. The number of rotatable bonds is 8. The largest absolute Gasteiger partial charge is 0.391 e. The van der Waals surface area contributed by atoms with Gasteiger partial charge in [0.15, 0.2) is 0 Å². The summed E-state index contributed by atoms with van der Waals surface area (Å²) in [5, 5.41) is 9.84. The zero-order chi connectivity index (χ0) is 15.8. The van der Waals surface area contributed by atoms with E-state index in [0.717, 1.165) is 18.4 Å². The molecule has 5 heteroatoms. The highest BCUT2D eigenvalue weighted by Crippen LogP contribution is 2.51. The second-order valence-electron chi connectivity index (χ2n) is 6.33. The molecule has 1 aromatic rings. The van der Waals surface area contributed by atoms with Crippen molar-refractivity contribution in [2.45, 2.75) is 44.8 Å². The molecule has 2 rings (SSSR count). The minimum Gasteiger partial charge on any atom is -0.391 e. The maximum atomic E-state index is 13.2. The molecule has 0 aromatic heterocycles. The fraction of sp³-hybridized carbons (Fsp3) is 0.647. The Labute approximate surface area is 133 Å². The van der Waals surface area contributed by atoms with E-state index < -0.39 is 13.5 Å². The minimum atomic E-state index is -2.86. The molecule has 0 saturated heterocycles. The standard InChI is InChI=1S/C17H28NO3P/c18-11-17(19)14-22(20,13-16-9-5-2-6-10-16)21-12-15-7-3-1-4-8-15/h1,3-4,7-8,16-17,19H,2,5-6,9-14,18H2/t17-,22?/m1/s1. The molecular weight excluding hydrogens is 297 g/mol. The fourth-order valence-corrected chi connectivity index (χ4v) is 5.79. The molecule has 0 bridgehead atoms. The van der Waals surface area contributed by atoms with E-state index in [2.05, 4.69) is 0 Å². The van der Waals surface area contributed by atoms with Crippen LogP contribution in [0.5, 0.6) is 0 Å². The Bertz CT molecular complexity index is 474. The fourth-order valence-electron chi connectivity index (χ4n) is 3.11. The normalized spacial score (nSPS) is 20.5. The molecule has 2 atom stereocenters. The van der Waals surface area contributed by atoms with Crippen molar-refractivity contribution in [2.75, 3.05) is 18.9 Å². The predicted octanol–water partition coefficient (Wildman–Crippen LogP) is 3.38. The lowest BCUT2D eigenvalue weighted by atomic mass is 9.91. The van der Waals surface area contributed by atoms with Gasteiger partial charge in [0.25, 0.3) is 0 Å². The van der Waals surface area contributed by atoms with Crippen LogP contribution < -0.4 is 5.73 Å². The van der Waals surface area contributed by atoms with Crippen molar-refractivity contribution in [1.82, 2.24) is 0 Å². The summed E-state index contributed by atoms with van der Waals surface area (Å²) < 4.78 is 19.0.